The van der Waals surface area contributed by atoms with Crippen LogP contribution in [-0.4, -0.2) is 18.4 Å². The predicted molar refractivity (Wildman–Crippen MR) is 62.8 cm³/mol. The Labute approximate surface area is 90.7 Å². The molecule has 0 amide bonds. The molecule has 80 valence electrons. The first kappa shape index (κ1) is 10.2. The van der Waals surface area contributed by atoms with E-state index in [-0.39, 0.29) is 0 Å². The van der Waals surface area contributed by atoms with Crippen LogP contribution >= 0.6 is 0 Å². The van der Waals surface area contributed by atoms with Crippen LogP contribution in [-0.2, 0) is 0 Å². The average molecular weight is 203 g/mol. The smallest absolute Gasteiger partial charge is 0.124 e. The Balaban J connectivity index is 2.24. The van der Waals surface area contributed by atoms with Crippen molar-refractivity contribution in [3.63, 3.8) is 0 Å². The quantitative estimate of drug-likeness (QED) is 0.736. The van der Waals surface area contributed by atoms with Gasteiger partial charge >= 0.3 is 0 Å². The Morgan fingerprint density at radius 2 is 2.07 bits per heavy atom. The topological polar surface area (TPSA) is 32.6 Å². The number of hydrogen-bond donors (Lipinski definition) is 1. The molecule has 0 aromatic heterocycles. The molecule has 1 aliphatic carbocycles. The Morgan fingerprint density at radius 1 is 1.33 bits per heavy atom. The zero-order chi connectivity index (χ0) is 10.7. The van der Waals surface area contributed by atoms with Crippen molar-refractivity contribution in [2.45, 2.75) is 31.6 Å². The van der Waals surface area contributed by atoms with E-state index >= 15 is 0 Å². The summed E-state index contributed by atoms with van der Waals surface area (Å²) >= 11 is 0. The van der Waals surface area contributed by atoms with Crippen LogP contribution < -0.4 is 0 Å². The van der Waals surface area contributed by atoms with Gasteiger partial charge in [-0.1, -0.05) is 18.9 Å². The molecule has 1 fully saturated rings. The minimum atomic E-state index is 0.352. The number of benzene rings is 1. The Kier molecular flexibility index (Phi) is 3.05. The molecule has 1 aromatic rings. The minimum Gasteiger partial charge on any atom is -0.507 e. The van der Waals surface area contributed by atoms with Gasteiger partial charge in [-0.15, -0.1) is 0 Å². The molecule has 1 aromatic carbocycles. The average Bonchev–Trinajstić information content (AvgIpc) is 2.74. The third-order valence-corrected chi connectivity index (χ3v) is 3.15. The van der Waals surface area contributed by atoms with E-state index in [0.717, 1.165) is 5.56 Å². The van der Waals surface area contributed by atoms with Crippen LogP contribution in [0.4, 0.5) is 0 Å². The highest BCUT2D eigenvalue weighted by molar-refractivity contribution is 5.83. The van der Waals surface area contributed by atoms with Crippen molar-refractivity contribution in [3.05, 3.63) is 29.3 Å². The molecule has 1 aliphatic rings. The molecule has 15 heavy (non-hydrogen) atoms. The standard InChI is InChI=1S/C13H17NO/c1-14-9-12-7-6-11(8-13(12)15)10-4-2-3-5-10/h6-10,15H,2-5H2,1H3/b14-9+. The third-order valence-electron chi connectivity index (χ3n) is 3.15. The molecule has 0 saturated heterocycles. The van der Waals surface area contributed by atoms with Crippen molar-refractivity contribution < 1.29 is 5.11 Å². The summed E-state index contributed by atoms with van der Waals surface area (Å²) in [5, 5.41) is 9.79. The highest BCUT2D eigenvalue weighted by Gasteiger charge is 2.17. The highest BCUT2D eigenvalue weighted by atomic mass is 16.3. The maximum atomic E-state index is 9.79. The molecule has 0 spiro atoms. The lowest BCUT2D eigenvalue weighted by Gasteiger charge is -2.10. The zero-order valence-corrected chi connectivity index (χ0v) is 9.11. The molecule has 0 heterocycles. The van der Waals surface area contributed by atoms with E-state index in [1.54, 1.807) is 13.3 Å². The normalized spacial score (nSPS) is 17.7. The van der Waals surface area contributed by atoms with Crippen molar-refractivity contribution in [1.29, 1.82) is 0 Å². The van der Waals surface area contributed by atoms with Gasteiger partial charge in [-0.3, -0.25) is 4.99 Å². The zero-order valence-electron chi connectivity index (χ0n) is 9.11. The van der Waals surface area contributed by atoms with Gasteiger partial charge in [0, 0.05) is 18.8 Å². The molecule has 2 rings (SSSR count). The summed E-state index contributed by atoms with van der Waals surface area (Å²) in [7, 11) is 1.71. The van der Waals surface area contributed by atoms with Crippen LogP contribution in [0.3, 0.4) is 0 Å². The molecule has 0 radical (unpaired) electrons. The molecule has 0 atom stereocenters. The Morgan fingerprint density at radius 3 is 2.67 bits per heavy atom. The second-order valence-corrected chi connectivity index (χ2v) is 4.19. The predicted octanol–water partition coefficient (Wildman–Crippen LogP) is 3.10. The molecule has 1 N–H and O–H groups in total. The highest BCUT2D eigenvalue weighted by Crippen LogP contribution is 2.35. The SMILES string of the molecule is C/N=C/c1ccc(C2CCCC2)cc1O. The van der Waals surface area contributed by atoms with Crippen LogP contribution in [0.5, 0.6) is 5.75 Å². The largest absolute Gasteiger partial charge is 0.507 e. The van der Waals surface area contributed by atoms with Gasteiger partial charge in [0.1, 0.15) is 5.75 Å². The van der Waals surface area contributed by atoms with Crippen molar-refractivity contribution in [2.75, 3.05) is 7.05 Å². The first-order chi connectivity index (χ1) is 7.31. The number of nitrogens with zero attached hydrogens (tertiary/aromatic N) is 1. The fraction of sp³-hybridized carbons (Fsp3) is 0.462. The fourth-order valence-electron chi connectivity index (χ4n) is 2.32. The van der Waals surface area contributed by atoms with Crippen molar-refractivity contribution in [2.24, 2.45) is 4.99 Å². The lowest BCUT2D eigenvalue weighted by atomic mass is 9.96. The number of phenolic OH excluding ortho intramolecular Hbond substituents is 1. The summed E-state index contributed by atoms with van der Waals surface area (Å²) in [6.07, 6.45) is 6.86. The van der Waals surface area contributed by atoms with E-state index in [0.29, 0.717) is 11.7 Å². The van der Waals surface area contributed by atoms with Gasteiger partial charge in [0.2, 0.25) is 0 Å². The minimum absolute atomic E-state index is 0.352. The fourth-order valence-corrected chi connectivity index (χ4v) is 2.32. The number of hydrogen-bond acceptors (Lipinski definition) is 2. The first-order valence-corrected chi connectivity index (χ1v) is 5.56. The number of phenols is 1. The molecular formula is C13H17NO. The van der Waals surface area contributed by atoms with Crippen LogP contribution in [0.15, 0.2) is 23.2 Å². The van der Waals surface area contributed by atoms with Crippen LogP contribution in [0, 0.1) is 0 Å². The molecule has 0 unspecified atom stereocenters. The summed E-state index contributed by atoms with van der Waals surface area (Å²) in [5.74, 6) is 1.01. The summed E-state index contributed by atoms with van der Waals surface area (Å²) in [5.41, 5.74) is 2.08. The molecule has 2 heteroatoms. The second kappa shape index (κ2) is 4.47. The number of aromatic hydroxyl groups is 1. The van der Waals surface area contributed by atoms with Crippen LogP contribution in [0.2, 0.25) is 0 Å². The van der Waals surface area contributed by atoms with Gasteiger partial charge in [-0.05, 0) is 36.5 Å². The lowest BCUT2D eigenvalue weighted by Crippen LogP contribution is -1.93. The van der Waals surface area contributed by atoms with E-state index in [4.69, 9.17) is 0 Å². The van der Waals surface area contributed by atoms with Gasteiger partial charge in [-0.25, -0.2) is 0 Å². The van der Waals surface area contributed by atoms with E-state index in [2.05, 4.69) is 11.1 Å². The molecule has 0 aliphatic heterocycles. The Bertz CT molecular complexity index is 365. The lowest BCUT2D eigenvalue weighted by molar-refractivity contribution is 0.472. The van der Waals surface area contributed by atoms with Crippen LogP contribution in [0.25, 0.3) is 0 Å². The molecular weight excluding hydrogens is 186 g/mol. The second-order valence-electron chi connectivity index (χ2n) is 4.19. The monoisotopic (exact) mass is 203 g/mol. The van der Waals surface area contributed by atoms with Gasteiger partial charge in [0.25, 0.3) is 0 Å². The van der Waals surface area contributed by atoms with Gasteiger partial charge in [-0.2, -0.15) is 0 Å². The number of aliphatic imine (C=N–C) groups is 1. The third kappa shape index (κ3) is 2.20. The summed E-state index contributed by atoms with van der Waals surface area (Å²) in [4.78, 5) is 3.91. The number of rotatable bonds is 2. The van der Waals surface area contributed by atoms with Gasteiger partial charge in [0.05, 0.1) is 0 Å². The van der Waals surface area contributed by atoms with Crippen LogP contribution in [0.1, 0.15) is 42.7 Å². The van der Waals surface area contributed by atoms with E-state index in [1.165, 1.54) is 31.2 Å². The van der Waals surface area contributed by atoms with Gasteiger partial charge in [0.15, 0.2) is 0 Å². The van der Waals surface area contributed by atoms with Crippen molar-refractivity contribution in [3.8, 4) is 5.75 Å². The summed E-state index contributed by atoms with van der Waals surface area (Å²) < 4.78 is 0. The van der Waals surface area contributed by atoms with E-state index < -0.39 is 0 Å². The summed E-state index contributed by atoms with van der Waals surface area (Å²) in [6, 6.07) is 5.97. The van der Waals surface area contributed by atoms with E-state index in [9.17, 15) is 5.11 Å². The Hall–Kier alpha value is -1.31. The molecule has 1 saturated carbocycles. The maximum absolute atomic E-state index is 9.79. The van der Waals surface area contributed by atoms with Crippen molar-refractivity contribution >= 4 is 6.21 Å². The first-order valence-electron chi connectivity index (χ1n) is 5.56. The molecule has 0 bridgehead atoms. The summed E-state index contributed by atoms with van der Waals surface area (Å²) in [6.45, 7) is 0. The molecule has 2 nitrogen and oxygen atoms in total. The van der Waals surface area contributed by atoms with E-state index in [1.807, 2.05) is 12.1 Å². The van der Waals surface area contributed by atoms with Gasteiger partial charge < -0.3 is 5.11 Å². The maximum Gasteiger partial charge on any atom is 0.124 e. The van der Waals surface area contributed by atoms with Crippen molar-refractivity contribution in [1.82, 2.24) is 0 Å².